The fourth-order valence-electron chi connectivity index (χ4n) is 2.56. The lowest BCUT2D eigenvalue weighted by atomic mass is 9.96. The number of aromatic nitrogens is 2. The molecule has 1 aliphatic rings. The zero-order valence-electron chi connectivity index (χ0n) is 14.1. The van der Waals surface area contributed by atoms with E-state index in [9.17, 15) is 22.8 Å². The van der Waals surface area contributed by atoms with Crippen LogP contribution in [0.5, 0.6) is 0 Å². The maximum atomic E-state index is 12.4. The number of hydrogen-bond acceptors (Lipinski definition) is 5. The van der Waals surface area contributed by atoms with Crippen LogP contribution in [0.15, 0.2) is 4.42 Å². The Bertz CT molecular complexity index is 607. The molecule has 2 heterocycles. The molecule has 140 valence electrons. The first-order valence-electron chi connectivity index (χ1n) is 8.14. The van der Waals surface area contributed by atoms with E-state index in [2.05, 4.69) is 15.5 Å². The van der Waals surface area contributed by atoms with E-state index in [1.807, 2.05) is 13.8 Å². The number of halogens is 3. The number of nitrogens with one attached hydrogen (secondary N) is 1. The van der Waals surface area contributed by atoms with E-state index in [0.29, 0.717) is 24.7 Å². The summed E-state index contributed by atoms with van der Waals surface area (Å²) in [5.74, 6) is -1.39. The van der Waals surface area contributed by atoms with E-state index >= 15 is 0 Å². The minimum atomic E-state index is -4.87. The van der Waals surface area contributed by atoms with Crippen molar-refractivity contribution in [2.75, 3.05) is 19.6 Å². The van der Waals surface area contributed by atoms with Crippen LogP contribution in [0, 0.1) is 5.92 Å². The van der Waals surface area contributed by atoms with Gasteiger partial charge in [-0.25, -0.2) is 0 Å². The summed E-state index contributed by atoms with van der Waals surface area (Å²) in [6.45, 7) is 4.01. The van der Waals surface area contributed by atoms with E-state index in [1.165, 1.54) is 0 Å². The van der Waals surface area contributed by atoms with Crippen LogP contribution < -0.4 is 5.32 Å². The summed E-state index contributed by atoms with van der Waals surface area (Å²) in [5.41, 5.74) is 0. The number of piperidine rings is 1. The third-order valence-corrected chi connectivity index (χ3v) is 4.01. The minimum Gasteiger partial charge on any atom is -0.425 e. The predicted molar refractivity (Wildman–Crippen MR) is 80.5 cm³/mol. The standard InChI is InChI=1S/C15H21F3N4O3/c1-9(2)13-21-20-11(25-13)3-6-19-12(23)10-4-7-22(8-5-10)14(24)15(16,17)18/h9-10H,3-8H2,1-2H3,(H,19,23). The second-order valence-corrected chi connectivity index (χ2v) is 6.29. The maximum absolute atomic E-state index is 12.4. The molecule has 1 aliphatic heterocycles. The Balaban J connectivity index is 1.72. The van der Waals surface area contributed by atoms with Gasteiger partial charge in [0.1, 0.15) is 0 Å². The van der Waals surface area contributed by atoms with Gasteiger partial charge in [-0.05, 0) is 12.8 Å². The van der Waals surface area contributed by atoms with Gasteiger partial charge in [0.15, 0.2) is 0 Å². The van der Waals surface area contributed by atoms with Crippen molar-refractivity contribution in [1.29, 1.82) is 0 Å². The monoisotopic (exact) mass is 362 g/mol. The van der Waals surface area contributed by atoms with Gasteiger partial charge in [0, 0.05) is 37.9 Å². The molecule has 0 bridgehead atoms. The SMILES string of the molecule is CC(C)c1nnc(CCNC(=O)C2CCN(C(=O)C(F)(F)F)CC2)o1. The van der Waals surface area contributed by atoms with Gasteiger partial charge in [0.25, 0.3) is 0 Å². The smallest absolute Gasteiger partial charge is 0.425 e. The van der Waals surface area contributed by atoms with E-state index in [0.717, 1.165) is 4.90 Å². The lowest BCUT2D eigenvalue weighted by Crippen LogP contribution is -2.47. The highest BCUT2D eigenvalue weighted by Crippen LogP contribution is 2.24. The number of hydrogen-bond donors (Lipinski definition) is 1. The predicted octanol–water partition coefficient (Wildman–Crippen LogP) is 1.65. The van der Waals surface area contributed by atoms with Crippen molar-refractivity contribution in [1.82, 2.24) is 20.4 Å². The largest absolute Gasteiger partial charge is 0.471 e. The molecule has 25 heavy (non-hydrogen) atoms. The number of nitrogens with zero attached hydrogens (tertiary/aromatic N) is 3. The van der Waals surface area contributed by atoms with Gasteiger partial charge >= 0.3 is 12.1 Å². The number of likely N-dealkylation sites (tertiary alicyclic amines) is 1. The molecule has 0 atom stereocenters. The van der Waals surface area contributed by atoms with Gasteiger partial charge in [-0.3, -0.25) is 9.59 Å². The highest BCUT2D eigenvalue weighted by Gasteiger charge is 2.43. The molecule has 2 amide bonds. The van der Waals surface area contributed by atoms with Crippen LogP contribution >= 0.6 is 0 Å². The molecule has 0 aromatic carbocycles. The molecule has 1 aromatic heterocycles. The summed E-state index contributed by atoms with van der Waals surface area (Å²) in [7, 11) is 0. The second kappa shape index (κ2) is 7.83. The Hall–Kier alpha value is -2.13. The molecule has 1 aromatic rings. The van der Waals surface area contributed by atoms with Crippen LogP contribution in [0.25, 0.3) is 0 Å². The molecule has 1 fully saturated rings. The summed E-state index contributed by atoms with van der Waals surface area (Å²) in [6, 6.07) is 0. The van der Waals surface area contributed by atoms with E-state index < -0.39 is 18.0 Å². The molecular formula is C15H21F3N4O3. The fourth-order valence-corrected chi connectivity index (χ4v) is 2.56. The van der Waals surface area contributed by atoms with Crippen molar-refractivity contribution in [2.45, 2.75) is 45.2 Å². The molecule has 0 saturated carbocycles. The topological polar surface area (TPSA) is 88.3 Å². The van der Waals surface area contributed by atoms with Gasteiger partial charge in [-0.1, -0.05) is 13.8 Å². The first-order chi connectivity index (χ1) is 11.7. The third-order valence-electron chi connectivity index (χ3n) is 4.01. The Morgan fingerprint density at radius 3 is 2.44 bits per heavy atom. The molecule has 1 N–H and O–H groups in total. The van der Waals surface area contributed by atoms with Gasteiger partial charge in [-0.15, -0.1) is 10.2 Å². The Labute approximate surface area is 143 Å². The van der Waals surface area contributed by atoms with Crippen molar-refractivity contribution < 1.29 is 27.2 Å². The highest BCUT2D eigenvalue weighted by molar-refractivity contribution is 5.83. The lowest BCUT2D eigenvalue weighted by Gasteiger charge is -2.31. The van der Waals surface area contributed by atoms with E-state index in [-0.39, 0.29) is 37.8 Å². The van der Waals surface area contributed by atoms with Gasteiger partial charge in [0.2, 0.25) is 17.7 Å². The number of rotatable bonds is 5. The van der Waals surface area contributed by atoms with Crippen LogP contribution in [-0.2, 0) is 16.0 Å². The average Bonchev–Trinajstić information content (AvgIpc) is 3.02. The summed E-state index contributed by atoms with van der Waals surface area (Å²) >= 11 is 0. The normalized spacial score (nSPS) is 16.3. The zero-order valence-corrected chi connectivity index (χ0v) is 14.1. The number of carbonyl (C=O) groups excluding carboxylic acids is 2. The van der Waals surface area contributed by atoms with Crippen LogP contribution in [0.1, 0.15) is 44.4 Å². The number of alkyl halides is 3. The molecule has 0 unspecified atom stereocenters. The van der Waals surface area contributed by atoms with E-state index in [4.69, 9.17) is 4.42 Å². The Morgan fingerprint density at radius 1 is 1.28 bits per heavy atom. The van der Waals surface area contributed by atoms with Crippen molar-refractivity contribution in [3.8, 4) is 0 Å². The lowest BCUT2D eigenvalue weighted by molar-refractivity contribution is -0.186. The molecule has 0 spiro atoms. The highest BCUT2D eigenvalue weighted by atomic mass is 19.4. The summed E-state index contributed by atoms with van der Waals surface area (Å²) < 4.78 is 42.6. The summed E-state index contributed by atoms with van der Waals surface area (Å²) in [5, 5.41) is 10.5. The second-order valence-electron chi connectivity index (χ2n) is 6.29. The quantitative estimate of drug-likeness (QED) is 0.861. The van der Waals surface area contributed by atoms with Crippen LogP contribution in [0.2, 0.25) is 0 Å². The van der Waals surface area contributed by atoms with Crippen molar-refractivity contribution >= 4 is 11.8 Å². The number of carbonyl (C=O) groups is 2. The maximum Gasteiger partial charge on any atom is 0.471 e. The van der Waals surface area contributed by atoms with Crippen molar-refractivity contribution in [3.63, 3.8) is 0 Å². The van der Waals surface area contributed by atoms with Crippen LogP contribution in [0.3, 0.4) is 0 Å². The molecule has 0 radical (unpaired) electrons. The van der Waals surface area contributed by atoms with Gasteiger partial charge in [-0.2, -0.15) is 13.2 Å². The first-order valence-corrected chi connectivity index (χ1v) is 8.14. The van der Waals surface area contributed by atoms with Crippen molar-refractivity contribution in [2.24, 2.45) is 5.92 Å². The fraction of sp³-hybridized carbons (Fsp3) is 0.733. The van der Waals surface area contributed by atoms with Crippen molar-refractivity contribution in [3.05, 3.63) is 11.8 Å². The number of amides is 2. The van der Waals surface area contributed by atoms with Gasteiger partial charge in [0.05, 0.1) is 0 Å². The molecular weight excluding hydrogens is 341 g/mol. The minimum absolute atomic E-state index is 0.0716. The summed E-state index contributed by atoms with van der Waals surface area (Å²) in [4.78, 5) is 24.0. The average molecular weight is 362 g/mol. The zero-order chi connectivity index (χ0) is 18.6. The molecule has 7 nitrogen and oxygen atoms in total. The van der Waals surface area contributed by atoms with Crippen LogP contribution in [-0.4, -0.2) is 52.7 Å². The molecule has 0 aliphatic carbocycles. The summed E-state index contributed by atoms with van der Waals surface area (Å²) in [6.07, 6.45) is -4.05. The van der Waals surface area contributed by atoms with E-state index in [1.54, 1.807) is 0 Å². The Morgan fingerprint density at radius 2 is 1.92 bits per heavy atom. The molecule has 10 heteroatoms. The van der Waals surface area contributed by atoms with Crippen LogP contribution in [0.4, 0.5) is 13.2 Å². The molecule has 2 rings (SSSR count). The van der Waals surface area contributed by atoms with Gasteiger partial charge < -0.3 is 14.6 Å². The molecule has 1 saturated heterocycles. The first kappa shape index (κ1) is 19.2. The Kier molecular flexibility index (Phi) is 6.02. The third kappa shape index (κ3) is 5.17.